The van der Waals surface area contributed by atoms with Crippen molar-refractivity contribution in [1.29, 1.82) is 0 Å². The van der Waals surface area contributed by atoms with Crippen molar-refractivity contribution in [2.75, 3.05) is 7.05 Å². The Balaban J connectivity index is 1.90. The average Bonchev–Trinajstić information content (AvgIpc) is 3.00. The Morgan fingerprint density at radius 2 is 2.30 bits per heavy atom. The summed E-state index contributed by atoms with van der Waals surface area (Å²) in [5, 5.41) is 5.46. The first kappa shape index (κ1) is 13.8. The summed E-state index contributed by atoms with van der Waals surface area (Å²) in [6.45, 7) is 2.15. The average molecular weight is 350 g/mol. The SMILES string of the molecule is CNC(Cc1cn2ccsc2n1)c1cccc(Br)c1C. The van der Waals surface area contributed by atoms with E-state index in [2.05, 4.69) is 73.5 Å². The molecule has 2 aromatic heterocycles. The van der Waals surface area contributed by atoms with E-state index in [-0.39, 0.29) is 6.04 Å². The summed E-state index contributed by atoms with van der Waals surface area (Å²) in [6, 6.07) is 6.62. The molecule has 0 spiro atoms. The van der Waals surface area contributed by atoms with Gasteiger partial charge < -0.3 is 5.32 Å². The third-order valence-corrected chi connectivity index (χ3v) is 5.22. The summed E-state index contributed by atoms with van der Waals surface area (Å²) in [4.78, 5) is 5.72. The van der Waals surface area contributed by atoms with E-state index in [0.717, 1.165) is 21.5 Å². The van der Waals surface area contributed by atoms with E-state index in [4.69, 9.17) is 0 Å². The van der Waals surface area contributed by atoms with Gasteiger partial charge >= 0.3 is 0 Å². The molecule has 0 fully saturated rings. The van der Waals surface area contributed by atoms with Crippen molar-refractivity contribution in [3.05, 3.63) is 57.3 Å². The molecule has 0 aliphatic heterocycles. The quantitative estimate of drug-likeness (QED) is 0.772. The topological polar surface area (TPSA) is 29.3 Å². The maximum atomic E-state index is 4.67. The fourth-order valence-corrected chi connectivity index (χ4v) is 3.55. The summed E-state index contributed by atoms with van der Waals surface area (Å²) in [7, 11) is 2.00. The number of nitrogens with one attached hydrogen (secondary N) is 1. The minimum atomic E-state index is 0.275. The first-order chi connectivity index (χ1) is 9.69. The van der Waals surface area contributed by atoms with Gasteiger partial charge in [0.05, 0.1) is 5.69 Å². The lowest BCUT2D eigenvalue weighted by Crippen LogP contribution is -2.20. The van der Waals surface area contributed by atoms with E-state index in [1.54, 1.807) is 11.3 Å². The molecule has 5 heteroatoms. The summed E-state index contributed by atoms with van der Waals surface area (Å²) in [6.07, 6.45) is 5.06. The molecule has 3 aromatic rings. The van der Waals surface area contributed by atoms with Gasteiger partial charge in [-0.1, -0.05) is 28.1 Å². The Morgan fingerprint density at radius 1 is 1.45 bits per heavy atom. The molecular formula is C15H16BrN3S. The Morgan fingerprint density at radius 3 is 3.05 bits per heavy atom. The Hall–Kier alpha value is -1.17. The standard InChI is InChI=1S/C15H16BrN3S/c1-10-12(4-3-5-13(10)16)14(17-2)8-11-9-19-6-7-20-15(19)18-11/h3-7,9,14,17H,8H2,1-2H3. The normalized spacial score (nSPS) is 12.9. The van der Waals surface area contributed by atoms with Crippen molar-refractivity contribution in [3.8, 4) is 0 Å². The van der Waals surface area contributed by atoms with Crippen LogP contribution in [0, 0.1) is 6.92 Å². The summed E-state index contributed by atoms with van der Waals surface area (Å²) in [5.74, 6) is 0. The van der Waals surface area contributed by atoms with Crippen LogP contribution in [0.25, 0.3) is 4.96 Å². The second-order valence-corrected chi connectivity index (χ2v) is 6.55. The molecule has 0 aliphatic rings. The van der Waals surface area contributed by atoms with Gasteiger partial charge in [0, 0.05) is 34.7 Å². The molecule has 0 saturated heterocycles. The molecule has 3 rings (SSSR count). The van der Waals surface area contributed by atoms with Gasteiger partial charge in [-0.15, -0.1) is 11.3 Å². The fourth-order valence-electron chi connectivity index (χ4n) is 2.45. The number of benzene rings is 1. The van der Waals surface area contributed by atoms with Gasteiger partial charge in [0.15, 0.2) is 4.96 Å². The first-order valence-corrected chi connectivity index (χ1v) is 8.19. The highest BCUT2D eigenvalue weighted by Gasteiger charge is 2.15. The van der Waals surface area contributed by atoms with E-state index < -0.39 is 0 Å². The van der Waals surface area contributed by atoms with Crippen molar-refractivity contribution in [2.24, 2.45) is 0 Å². The third-order valence-electron chi connectivity index (χ3n) is 3.59. The second-order valence-electron chi connectivity index (χ2n) is 4.82. The van der Waals surface area contributed by atoms with E-state index in [0.29, 0.717) is 0 Å². The molecule has 1 atom stereocenters. The van der Waals surface area contributed by atoms with E-state index in [9.17, 15) is 0 Å². The van der Waals surface area contributed by atoms with Crippen LogP contribution in [0.2, 0.25) is 0 Å². The zero-order chi connectivity index (χ0) is 14.1. The van der Waals surface area contributed by atoms with Crippen LogP contribution < -0.4 is 5.32 Å². The number of rotatable bonds is 4. The number of aromatic nitrogens is 2. The number of halogens is 1. The minimum absolute atomic E-state index is 0.275. The van der Waals surface area contributed by atoms with Crippen LogP contribution in [0.3, 0.4) is 0 Å². The lowest BCUT2D eigenvalue weighted by atomic mass is 9.98. The molecule has 0 aliphatic carbocycles. The largest absolute Gasteiger partial charge is 0.313 e. The van der Waals surface area contributed by atoms with Gasteiger partial charge in [0.25, 0.3) is 0 Å². The predicted molar refractivity (Wildman–Crippen MR) is 87.5 cm³/mol. The molecule has 0 saturated carbocycles. The number of likely N-dealkylation sites (N-methyl/N-ethyl adjacent to an activating group) is 1. The Bertz CT molecular complexity index is 703. The van der Waals surface area contributed by atoms with Crippen LogP contribution in [0.15, 0.2) is 40.4 Å². The van der Waals surface area contributed by atoms with E-state index >= 15 is 0 Å². The molecule has 104 valence electrons. The highest BCUT2D eigenvalue weighted by atomic mass is 79.9. The number of hydrogen-bond donors (Lipinski definition) is 1. The number of fused-ring (bicyclic) bond motifs is 1. The molecule has 2 heterocycles. The second kappa shape index (κ2) is 5.68. The Kier molecular flexibility index (Phi) is 3.92. The minimum Gasteiger partial charge on any atom is -0.313 e. The zero-order valence-electron chi connectivity index (χ0n) is 11.4. The summed E-state index contributed by atoms with van der Waals surface area (Å²) >= 11 is 5.27. The highest BCUT2D eigenvalue weighted by Crippen LogP contribution is 2.27. The predicted octanol–water partition coefficient (Wildman–Crippen LogP) is 3.97. The molecular weight excluding hydrogens is 334 g/mol. The number of nitrogens with zero attached hydrogens (tertiary/aromatic N) is 2. The van der Waals surface area contributed by atoms with Crippen molar-refractivity contribution >= 4 is 32.2 Å². The van der Waals surface area contributed by atoms with Gasteiger partial charge in [-0.25, -0.2) is 4.98 Å². The number of imidazole rings is 1. The fraction of sp³-hybridized carbons (Fsp3) is 0.267. The molecule has 0 radical (unpaired) electrons. The lowest BCUT2D eigenvalue weighted by molar-refractivity contribution is 0.582. The van der Waals surface area contributed by atoms with Crippen LogP contribution >= 0.6 is 27.3 Å². The molecule has 1 N–H and O–H groups in total. The first-order valence-electron chi connectivity index (χ1n) is 6.52. The van der Waals surface area contributed by atoms with Crippen molar-refractivity contribution in [1.82, 2.24) is 14.7 Å². The van der Waals surface area contributed by atoms with Crippen LogP contribution in [0.1, 0.15) is 22.9 Å². The monoisotopic (exact) mass is 349 g/mol. The Labute approximate surface area is 130 Å². The van der Waals surface area contributed by atoms with Gasteiger partial charge in [-0.2, -0.15) is 0 Å². The van der Waals surface area contributed by atoms with Gasteiger partial charge in [0.2, 0.25) is 0 Å². The molecule has 0 bridgehead atoms. The van der Waals surface area contributed by atoms with Crippen molar-refractivity contribution in [2.45, 2.75) is 19.4 Å². The number of hydrogen-bond acceptors (Lipinski definition) is 3. The zero-order valence-corrected chi connectivity index (χ0v) is 13.8. The lowest BCUT2D eigenvalue weighted by Gasteiger charge is -2.18. The van der Waals surface area contributed by atoms with Crippen molar-refractivity contribution < 1.29 is 0 Å². The van der Waals surface area contributed by atoms with Crippen LogP contribution in [0.5, 0.6) is 0 Å². The van der Waals surface area contributed by atoms with Gasteiger partial charge in [0.1, 0.15) is 0 Å². The van der Waals surface area contributed by atoms with Crippen LogP contribution in [0.4, 0.5) is 0 Å². The summed E-state index contributed by atoms with van der Waals surface area (Å²) < 4.78 is 3.24. The summed E-state index contributed by atoms with van der Waals surface area (Å²) in [5.41, 5.74) is 3.72. The van der Waals surface area contributed by atoms with Crippen LogP contribution in [-0.2, 0) is 6.42 Å². The number of thiazole rings is 1. The van der Waals surface area contributed by atoms with Gasteiger partial charge in [-0.3, -0.25) is 4.40 Å². The highest BCUT2D eigenvalue weighted by molar-refractivity contribution is 9.10. The molecule has 0 amide bonds. The smallest absolute Gasteiger partial charge is 0.193 e. The maximum absolute atomic E-state index is 4.67. The molecule has 1 unspecified atom stereocenters. The van der Waals surface area contributed by atoms with Crippen molar-refractivity contribution in [3.63, 3.8) is 0 Å². The molecule has 3 nitrogen and oxygen atoms in total. The molecule has 1 aromatic carbocycles. The maximum Gasteiger partial charge on any atom is 0.193 e. The van der Waals surface area contributed by atoms with Gasteiger partial charge in [-0.05, 0) is 31.2 Å². The third kappa shape index (κ3) is 2.53. The van der Waals surface area contributed by atoms with Crippen LogP contribution in [-0.4, -0.2) is 16.4 Å². The van der Waals surface area contributed by atoms with E-state index in [1.165, 1.54) is 11.1 Å². The van der Waals surface area contributed by atoms with E-state index in [1.807, 2.05) is 7.05 Å². The molecule has 20 heavy (non-hydrogen) atoms.